The van der Waals surface area contributed by atoms with Crippen LogP contribution in [0.25, 0.3) is 0 Å². The molecule has 1 aromatic carbocycles. The molecule has 0 radical (unpaired) electrons. The van der Waals surface area contributed by atoms with Gasteiger partial charge in [0.15, 0.2) is 0 Å². The van der Waals surface area contributed by atoms with E-state index in [9.17, 15) is 8.42 Å². The lowest BCUT2D eigenvalue weighted by Crippen LogP contribution is -2.20. The van der Waals surface area contributed by atoms with Gasteiger partial charge in [-0.3, -0.25) is 4.55 Å². The van der Waals surface area contributed by atoms with Gasteiger partial charge in [-0.2, -0.15) is 8.42 Å². The van der Waals surface area contributed by atoms with E-state index in [1.54, 1.807) is 23.9 Å². The van der Waals surface area contributed by atoms with E-state index in [0.717, 1.165) is 0 Å². The zero-order valence-corrected chi connectivity index (χ0v) is 11.1. The smallest absolute Gasteiger partial charge is 0.294 e. The molecule has 0 saturated heterocycles. The molecule has 0 spiro atoms. The van der Waals surface area contributed by atoms with E-state index >= 15 is 0 Å². The van der Waals surface area contributed by atoms with Crippen LogP contribution in [0.1, 0.15) is 0 Å². The first-order chi connectivity index (χ1) is 7.17. The van der Waals surface area contributed by atoms with Gasteiger partial charge in [0.05, 0.1) is 4.90 Å². The van der Waals surface area contributed by atoms with E-state index in [-0.39, 0.29) is 4.90 Å². The molecule has 2 N–H and O–H groups in total. The first-order valence-electron chi connectivity index (χ1n) is 4.55. The van der Waals surface area contributed by atoms with Gasteiger partial charge in [-0.1, -0.05) is 23.9 Å². The van der Waals surface area contributed by atoms with E-state index < -0.39 is 18.4 Å². The van der Waals surface area contributed by atoms with Crippen molar-refractivity contribution in [1.82, 2.24) is 0 Å². The highest BCUT2D eigenvalue weighted by Gasteiger charge is 2.08. The highest BCUT2D eigenvalue weighted by molar-refractivity contribution is 7.85. The van der Waals surface area contributed by atoms with Gasteiger partial charge in [0.1, 0.15) is 0 Å². The quantitative estimate of drug-likeness (QED) is 0.628. The normalized spacial score (nSPS) is 11.2. The van der Waals surface area contributed by atoms with Crippen LogP contribution in [0.4, 0.5) is 0 Å². The highest BCUT2D eigenvalue weighted by Crippen LogP contribution is 2.05. The average molecular weight is 260 g/mol. The number of rotatable bonds is 2. The van der Waals surface area contributed by atoms with Crippen molar-refractivity contribution in [3.8, 4) is 0 Å². The Morgan fingerprint density at radius 2 is 1.62 bits per heavy atom. The number of benzene rings is 1. The largest absolute Gasteiger partial charge is 0.428 e. The third-order valence-electron chi connectivity index (χ3n) is 1.54. The molecule has 0 bridgehead atoms. The van der Waals surface area contributed by atoms with Gasteiger partial charge in [0, 0.05) is 0 Å². The zero-order chi connectivity index (χ0) is 12.8. The third kappa shape index (κ3) is 7.35. The molecule has 0 saturated carbocycles. The Balaban J connectivity index is 0.000000325. The standard InChI is InChI=1S/C6H6O3S.C4H10OSi/c7-10(8,9)6-4-2-1-3-5-6;1-4-6(2,3)5/h1-5H,(H,7,8,9);4-5H,1H2,2-3H3. The fraction of sp³-hybridized carbons (Fsp3) is 0.200. The van der Waals surface area contributed by atoms with Gasteiger partial charge >= 0.3 is 0 Å². The van der Waals surface area contributed by atoms with E-state index in [1.165, 1.54) is 12.1 Å². The molecule has 0 aliphatic heterocycles. The summed E-state index contributed by atoms with van der Waals surface area (Å²) in [6.45, 7) is 7.08. The predicted octanol–water partition coefficient (Wildman–Crippen LogP) is 1.84. The van der Waals surface area contributed by atoms with Gasteiger partial charge in [0.2, 0.25) is 8.32 Å². The van der Waals surface area contributed by atoms with Crippen molar-refractivity contribution in [2.45, 2.75) is 18.0 Å². The maximum Gasteiger partial charge on any atom is 0.294 e. The SMILES string of the molecule is C=C[Si](C)(C)O.O=S(=O)(O)c1ccccc1. The van der Waals surface area contributed by atoms with Crippen LogP contribution in [-0.4, -0.2) is 26.1 Å². The molecule has 0 atom stereocenters. The Morgan fingerprint density at radius 1 is 1.25 bits per heavy atom. The molecule has 0 aliphatic rings. The van der Waals surface area contributed by atoms with Gasteiger partial charge < -0.3 is 4.80 Å². The molecule has 1 aromatic rings. The third-order valence-corrected chi connectivity index (χ3v) is 3.41. The summed E-state index contributed by atoms with van der Waals surface area (Å²) >= 11 is 0. The Hall–Kier alpha value is -0.953. The summed E-state index contributed by atoms with van der Waals surface area (Å²) in [6.07, 6.45) is 0. The van der Waals surface area contributed by atoms with Crippen molar-refractivity contribution in [2.75, 3.05) is 0 Å². The van der Waals surface area contributed by atoms with Crippen LogP contribution in [0.2, 0.25) is 13.1 Å². The van der Waals surface area contributed by atoms with E-state index in [4.69, 9.17) is 9.35 Å². The Morgan fingerprint density at radius 3 is 1.81 bits per heavy atom. The van der Waals surface area contributed by atoms with Crippen LogP contribution < -0.4 is 0 Å². The molecular weight excluding hydrogens is 244 g/mol. The van der Waals surface area contributed by atoms with Crippen LogP contribution in [0.5, 0.6) is 0 Å². The van der Waals surface area contributed by atoms with Crippen LogP contribution in [-0.2, 0) is 10.1 Å². The fourth-order valence-corrected chi connectivity index (χ4v) is 1.09. The Kier molecular flexibility index (Phi) is 5.60. The molecule has 1 rings (SSSR count). The summed E-state index contributed by atoms with van der Waals surface area (Å²) in [5, 5.41) is 0. The second kappa shape index (κ2) is 5.95. The first-order valence-corrected chi connectivity index (χ1v) is 9.02. The van der Waals surface area contributed by atoms with Gasteiger partial charge in [-0.25, -0.2) is 0 Å². The summed E-state index contributed by atoms with van der Waals surface area (Å²) in [6, 6.07) is 7.42. The second-order valence-electron chi connectivity index (χ2n) is 3.65. The molecule has 0 amide bonds. The highest BCUT2D eigenvalue weighted by atomic mass is 32.2. The van der Waals surface area contributed by atoms with Crippen molar-refractivity contribution in [3.05, 3.63) is 42.6 Å². The minimum absolute atomic E-state index is 0.0741. The Bertz CT molecular complexity index is 420. The van der Waals surface area contributed by atoms with Crippen LogP contribution in [0.3, 0.4) is 0 Å². The summed E-state index contributed by atoms with van der Waals surface area (Å²) in [7, 11) is -5.87. The van der Waals surface area contributed by atoms with E-state index in [1.807, 2.05) is 13.1 Å². The topological polar surface area (TPSA) is 74.6 Å². The van der Waals surface area contributed by atoms with Crippen molar-refractivity contribution in [2.24, 2.45) is 0 Å². The summed E-state index contributed by atoms with van der Waals surface area (Å²) in [5.74, 6) is 0. The summed E-state index contributed by atoms with van der Waals surface area (Å²) in [5.41, 5.74) is 1.63. The monoisotopic (exact) mass is 260 g/mol. The summed E-state index contributed by atoms with van der Waals surface area (Å²) in [4.78, 5) is 8.77. The molecule has 90 valence electrons. The zero-order valence-electron chi connectivity index (χ0n) is 9.29. The lowest BCUT2D eigenvalue weighted by Gasteiger charge is -2.02. The summed E-state index contributed by atoms with van der Waals surface area (Å²) < 4.78 is 29.2. The lowest BCUT2D eigenvalue weighted by atomic mass is 10.4. The van der Waals surface area contributed by atoms with Gasteiger partial charge in [0.25, 0.3) is 10.1 Å². The molecular formula is C10H16O4SSi. The number of hydrogen-bond acceptors (Lipinski definition) is 3. The minimum atomic E-state index is -4.00. The van der Waals surface area contributed by atoms with Crippen LogP contribution in [0.15, 0.2) is 47.5 Å². The van der Waals surface area contributed by atoms with Crippen molar-refractivity contribution >= 4 is 18.4 Å². The maximum atomic E-state index is 10.4. The van der Waals surface area contributed by atoms with Crippen LogP contribution >= 0.6 is 0 Å². The maximum absolute atomic E-state index is 10.4. The van der Waals surface area contributed by atoms with Crippen molar-refractivity contribution < 1.29 is 17.8 Å². The molecule has 0 unspecified atom stereocenters. The molecule has 0 fully saturated rings. The average Bonchev–Trinajstić information content (AvgIpc) is 2.18. The van der Waals surface area contributed by atoms with Gasteiger partial charge in [-0.15, -0.1) is 6.58 Å². The van der Waals surface area contributed by atoms with Crippen molar-refractivity contribution in [1.29, 1.82) is 0 Å². The molecule has 6 heteroatoms. The molecule has 16 heavy (non-hydrogen) atoms. The molecule has 0 aromatic heterocycles. The first kappa shape index (κ1) is 15.0. The van der Waals surface area contributed by atoms with Crippen molar-refractivity contribution in [3.63, 3.8) is 0 Å². The molecule has 4 nitrogen and oxygen atoms in total. The van der Waals surface area contributed by atoms with E-state index in [2.05, 4.69) is 6.58 Å². The fourth-order valence-electron chi connectivity index (χ4n) is 0.592. The second-order valence-corrected chi connectivity index (χ2v) is 8.78. The Labute approximate surface area is 97.1 Å². The predicted molar refractivity (Wildman–Crippen MR) is 66.2 cm³/mol. The molecule has 0 aliphatic carbocycles. The number of hydrogen-bond donors (Lipinski definition) is 2. The molecule has 0 heterocycles. The minimum Gasteiger partial charge on any atom is -0.428 e. The lowest BCUT2D eigenvalue weighted by molar-refractivity contribution is 0.483. The van der Waals surface area contributed by atoms with Gasteiger partial charge in [-0.05, 0) is 25.2 Å². The van der Waals surface area contributed by atoms with Crippen LogP contribution in [0, 0.1) is 0 Å². The van der Waals surface area contributed by atoms with E-state index in [0.29, 0.717) is 0 Å².